The molecule has 1 fully saturated rings. The van der Waals surface area contributed by atoms with Crippen LogP contribution in [0.4, 0.5) is 4.79 Å². The number of likely N-dealkylation sites (tertiary alicyclic amines) is 1. The smallest absolute Gasteiger partial charge is 0.320 e. The van der Waals surface area contributed by atoms with Gasteiger partial charge in [-0.3, -0.25) is 4.79 Å². The molecule has 1 saturated heterocycles. The summed E-state index contributed by atoms with van der Waals surface area (Å²) in [4.78, 5) is 26.5. The molecule has 114 valence electrons. The summed E-state index contributed by atoms with van der Waals surface area (Å²) in [6.45, 7) is 1.70. The highest BCUT2D eigenvalue weighted by Crippen LogP contribution is 2.22. The van der Waals surface area contributed by atoms with E-state index in [9.17, 15) is 9.59 Å². The molecule has 1 aromatic rings. The Labute approximate surface area is 132 Å². The molecule has 0 radical (unpaired) electrons. The average molecular weight is 355 g/mol. The zero-order valence-electron chi connectivity index (χ0n) is 12.0. The van der Waals surface area contributed by atoms with Gasteiger partial charge in [0.2, 0.25) is 0 Å². The fourth-order valence-corrected chi connectivity index (χ4v) is 3.02. The van der Waals surface area contributed by atoms with Gasteiger partial charge in [0, 0.05) is 37.6 Å². The Bertz CT molecular complexity index is 535. The van der Waals surface area contributed by atoms with Crippen molar-refractivity contribution in [2.24, 2.45) is 5.92 Å². The van der Waals surface area contributed by atoms with Crippen LogP contribution in [0.1, 0.15) is 18.4 Å². The number of urea groups is 1. The first-order chi connectivity index (χ1) is 9.97. The molecule has 2 rings (SSSR count). The monoisotopic (exact) mass is 354 g/mol. The van der Waals surface area contributed by atoms with Crippen LogP contribution < -0.4 is 0 Å². The van der Waals surface area contributed by atoms with E-state index in [-0.39, 0.29) is 18.4 Å². The van der Waals surface area contributed by atoms with Gasteiger partial charge in [0.15, 0.2) is 0 Å². The van der Waals surface area contributed by atoms with Crippen LogP contribution in [0.15, 0.2) is 28.7 Å². The first-order valence-corrected chi connectivity index (χ1v) is 7.72. The zero-order valence-corrected chi connectivity index (χ0v) is 13.5. The van der Waals surface area contributed by atoms with Crippen molar-refractivity contribution in [1.29, 1.82) is 0 Å². The van der Waals surface area contributed by atoms with Gasteiger partial charge in [-0.15, -0.1) is 0 Å². The fraction of sp³-hybridized carbons (Fsp3) is 0.467. The number of carbonyl (C=O) groups excluding carboxylic acids is 1. The molecule has 0 saturated carbocycles. The van der Waals surface area contributed by atoms with E-state index < -0.39 is 5.97 Å². The summed E-state index contributed by atoms with van der Waals surface area (Å²) in [5, 5.41) is 8.81. The van der Waals surface area contributed by atoms with E-state index in [4.69, 9.17) is 5.11 Å². The van der Waals surface area contributed by atoms with Gasteiger partial charge in [-0.05, 0) is 24.0 Å². The van der Waals surface area contributed by atoms with Gasteiger partial charge in [0.1, 0.15) is 0 Å². The Morgan fingerprint density at radius 1 is 1.43 bits per heavy atom. The lowest BCUT2D eigenvalue weighted by atomic mass is 10.1. The van der Waals surface area contributed by atoms with Crippen molar-refractivity contribution in [2.75, 3.05) is 20.1 Å². The van der Waals surface area contributed by atoms with Gasteiger partial charge < -0.3 is 14.9 Å². The Morgan fingerprint density at radius 3 is 2.81 bits per heavy atom. The van der Waals surface area contributed by atoms with E-state index in [0.29, 0.717) is 19.6 Å². The lowest BCUT2D eigenvalue weighted by Crippen LogP contribution is -2.39. The molecule has 6 heteroatoms. The second-order valence-corrected chi connectivity index (χ2v) is 6.28. The second kappa shape index (κ2) is 6.93. The molecule has 1 aromatic carbocycles. The van der Waals surface area contributed by atoms with Crippen molar-refractivity contribution >= 4 is 27.9 Å². The minimum Gasteiger partial charge on any atom is -0.481 e. The third kappa shape index (κ3) is 4.20. The molecule has 5 nitrogen and oxygen atoms in total. The molecule has 1 atom stereocenters. The normalized spacial score (nSPS) is 17.8. The average Bonchev–Trinajstić information content (AvgIpc) is 2.88. The zero-order chi connectivity index (χ0) is 15.4. The van der Waals surface area contributed by atoms with Crippen molar-refractivity contribution < 1.29 is 14.7 Å². The van der Waals surface area contributed by atoms with E-state index in [1.165, 1.54) is 0 Å². The molecular formula is C15H19BrN2O3. The van der Waals surface area contributed by atoms with Crippen LogP contribution in [-0.2, 0) is 11.3 Å². The van der Waals surface area contributed by atoms with Crippen LogP contribution in [0.2, 0.25) is 0 Å². The summed E-state index contributed by atoms with van der Waals surface area (Å²) in [6, 6.07) is 7.76. The van der Waals surface area contributed by atoms with Gasteiger partial charge in [-0.1, -0.05) is 34.1 Å². The number of rotatable bonds is 4. The largest absolute Gasteiger partial charge is 0.481 e. The summed E-state index contributed by atoms with van der Waals surface area (Å²) in [7, 11) is 1.77. The van der Waals surface area contributed by atoms with Crippen molar-refractivity contribution in [1.82, 2.24) is 9.80 Å². The molecule has 1 unspecified atom stereocenters. The molecule has 1 aliphatic heterocycles. The predicted octanol–water partition coefficient (Wildman–Crippen LogP) is 2.80. The van der Waals surface area contributed by atoms with E-state index >= 15 is 0 Å². The summed E-state index contributed by atoms with van der Waals surface area (Å²) in [5.41, 5.74) is 1.05. The molecule has 0 aliphatic carbocycles. The number of hydrogen-bond acceptors (Lipinski definition) is 2. The quantitative estimate of drug-likeness (QED) is 0.904. The van der Waals surface area contributed by atoms with E-state index in [2.05, 4.69) is 15.9 Å². The van der Waals surface area contributed by atoms with Crippen molar-refractivity contribution in [2.45, 2.75) is 19.4 Å². The van der Waals surface area contributed by atoms with Crippen LogP contribution in [0, 0.1) is 5.92 Å². The van der Waals surface area contributed by atoms with Crippen LogP contribution in [-0.4, -0.2) is 47.0 Å². The number of carboxylic acid groups (broad SMARTS) is 1. The van der Waals surface area contributed by atoms with E-state index in [1.54, 1.807) is 16.8 Å². The summed E-state index contributed by atoms with van der Waals surface area (Å²) in [6.07, 6.45) is 0.901. The maximum atomic E-state index is 12.4. The van der Waals surface area contributed by atoms with Gasteiger partial charge in [0.25, 0.3) is 0 Å². The summed E-state index contributed by atoms with van der Waals surface area (Å²) >= 11 is 3.48. The van der Waals surface area contributed by atoms with E-state index in [1.807, 2.05) is 24.3 Å². The van der Waals surface area contributed by atoms with E-state index in [0.717, 1.165) is 16.5 Å². The molecule has 0 spiro atoms. The number of carboxylic acids is 1. The van der Waals surface area contributed by atoms with Crippen LogP contribution in [0.3, 0.4) is 0 Å². The number of amides is 2. The molecule has 0 bridgehead atoms. The Kier molecular flexibility index (Phi) is 5.22. The van der Waals surface area contributed by atoms with Gasteiger partial charge >= 0.3 is 12.0 Å². The lowest BCUT2D eigenvalue weighted by molar-refractivity contribution is -0.138. The summed E-state index contributed by atoms with van der Waals surface area (Å²) < 4.78 is 0.981. The Balaban J connectivity index is 1.91. The minimum absolute atomic E-state index is 0.0429. The summed E-state index contributed by atoms with van der Waals surface area (Å²) in [5.74, 6) is -0.723. The number of carbonyl (C=O) groups is 2. The molecule has 1 N–H and O–H groups in total. The molecule has 1 aliphatic rings. The first-order valence-electron chi connectivity index (χ1n) is 6.92. The third-order valence-corrected chi connectivity index (χ3v) is 4.49. The predicted molar refractivity (Wildman–Crippen MR) is 82.9 cm³/mol. The molecule has 0 aromatic heterocycles. The molecular weight excluding hydrogens is 336 g/mol. The van der Waals surface area contributed by atoms with Crippen molar-refractivity contribution in [3.8, 4) is 0 Å². The number of halogens is 1. The third-order valence-electron chi connectivity index (χ3n) is 3.71. The highest BCUT2D eigenvalue weighted by atomic mass is 79.9. The Hall–Kier alpha value is -1.56. The maximum absolute atomic E-state index is 12.4. The number of nitrogens with zero attached hydrogens (tertiary/aromatic N) is 2. The Morgan fingerprint density at radius 2 is 2.14 bits per heavy atom. The topological polar surface area (TPSA) is 60.9 Å². The standard InChI is InChI=1S/C15H19BrN2O3/c1-17(10-12-4-2-3-5-13(12)16)15(21)18-7-6-11(9-18)8-14(19)20/h2-5,11H,6-10H2,1H3,(H,19,20). The lowest BCUT2D eigenvalue weighted by Gasteiger charge is -2.25. The van der Waals surface area contributed by atoms with Crippen LogP contribution >= 0.6 is 15.9 Å². The maximum Gasteiger partial charge on any atom is 0.320 e. The fourth-order valence-electron chi connectivity index (χ4n) is 2.61. The number of hydrogen-bond donors (Lipinski definition) is 1. The minimum atomic E-state index is -0.795. The van der Waals surface area contributed by atoms with Crippen molar-refractivity contribution in [3.63, 3.8) is 0 Å². The van der Waals surface area contributed by atoms with Gasteiger partial charge in [-0.25, -0.2) is 4.79 Å². The van der Waals surface area contributed by atoms with Gasteiger partial charge in [0.05, 0.1) is 0 Å². The van der Waals surface area contributed by atoms with Crippen LogP contribution in [0.5, 0.6) is 0 Å². The molecule has 1 heterocycles. The first kappa shape index (κ1) is 15.8. The SMILES string of the molecule is CN(Cc1ccccc1Br)C(=O)N1CCC(CC(=O)O)C1. The number of aliphatic carboxylic acids is 1. The highest BCUT2D eigenvalue weighted by molar-refractivity contribution is 9.10. The van der Waals surface area contributed by atoms with Gasteiger partial charge in [-0.2, -0.15) is 0 Å². The molecule has 2 amide bonds. The van der Waals surface area contributed by atoms with Crippen LogP contribution in [0.25, 0.3) is 0 Å². The van der Waals surface area contributed by atoms with Crippen molar-refractivity contribution in [3.05, 3.63) is 34.3 Å². The number of benzene rings is 1. The molecule has 21 heavy (non-hydrogen) atoms. The second-order valence-electron chi connectivity index (χ2n) is 5.43. The highest BCUT2D eigenvalue weighted by Gasteiger charge is 2.29.